The molecule has 2 aromatic rings. The van der Waals surface area contributed by atoms with Gasteiger partial charge in [0.15, 0.2) is 5.96 Å². The molecule has 0 aromatic heterocycles. The van der Waals surface area contributed by atoms with E-state index in [1.165, 1.54) is 18.4 Å². The van der Waals surface area contributed by atoms with E-state index in [0.29, 0.717) is 18.7 Å². The van der Waals surface area contributed by atoms with E-state index in [4.69, 9.17) is 4.99 Å². The topological polar surface area (TPSA) is 68.8 Å². The SMILES string of the molecule is CCNC(=NCc1cccc(C(=O)NCCN(C)C)c1)NCC1(c2ccccc2)CC1.I. The third-order valence-corrected chi connectivity index (χ3v) is 5.63. The first-order valence-electron chi connectivity index (χ1n) is 11.1. The Morgan fingerprint density at radius 2 is 1.78 bits per heavy atom. The summed E-state index contributed by atoms with van der Waals surface area (Å²) >= 11 is 0. The molecule has 3 N–H and O–H groups in total. The van der Waals surface area contributed by atoms with E-state index in [2.05, 4.69) is 53.2 Å². The number of amides is 1. The number of carbonyl (C=O) groups is 1. The smallest absolute Gasteiger partial charge is 0.251 e. The van der Waals surface area contributed by atoms with Crippen molar-refractivity contribution in [3.63, 3.8) is 0 Å². The first-order valence-corrected chi connectivity index (χ1v) is 11.1. The van der Waals surface area contributed by atoms with Gasteiger partial charge < -0.3 is 20.9 Å². The highest BCUT2D eigenvalue weighted by atomic mass is 127. The summed E-state index contributed by atoms with van der Waals surface area (Å²) in [5, 5.41) is 9.82. The molecule has 6 nitrogen and oxygen atoms in total. The highest BCUT2D eigenvalue weighted by Crippen LogP contribution is 2.47. The molecule has 1 aliphatic rings. The van der Waals surface area contributed by atoms with Crippen LogP contribution in [-0.2, 0) is 12.0 Å². The number of aliphatic imine (C=N–C) groups is 1. The third-order valence-electron chi connectivity index (χ3n) is 5.63. The van der Waals surface area contributed by atoms with E-state index in [0.717, 1.165) is 31.2 Å². The van der Waals surface area contributed by atoms with Crippen LogP contribution >= 0.6 is 24.0 Å². The average molecular weight is 550 g/mol. The molecule has 0 radical (unpaired) electrons. The molecule has 0 heterocycles. The number of carbonyl (C=O) groups excluding carboxylic acids is 1. The second-order valence-corrected chi connectivity index (χ2v) is 8.45. The van der Waals surface area contributed by atoms with Gasteiger partial charge in [0.25, 0.3) is 5.91 Å². The summed E-state index contributed by atoms with van der Waals surface area (Å²) in [6, 6.07) is 18.4. The molecule has 7 heteroatoms. The molecule has 3 rings (SSSR count). The van der Waals surface area contributed by atoms with Gasteiger partial charge in [0.2, 0.25) is 0 Å². The first-order chi connectivity index (χ1) is 15.0. The zero-order valence-corrected chi connectivity index (χ0v) is 21.7. The normalized spacial score (nSPS) is 14.4. The number of benzene rings is 2. The van der Waals surface area contributed by atoms with Gasteiger partial charge >= 0.3 is 0 Å². The molecule has 174 valence electrons. The summed E-state index contributed by atoms with van der Waals surface area (Å²) in [6.07, 6.45) is 2.41. The molecule has 2 aromatic carbocycles. The molecule has 0 spiro atoms. The fraction of sp³-hybridized carbons (Fsp3) is 0.440. The number of hydrogen-bond acceptors (Lipinski definition) is 3. The van der Waals surface area contributed by atoms with Gasteiger partial charge in [-0.25, -0.2) is 4.99 Å². The number of likely N-dealkylation sites (N-methyl/N-ethyl adjacent to an activating group) is 1. The number of halogens is 1. The molecule has 0 unspecified atom stereocenters. The molecular formula is C25H36IN5O. The second-order valence-electron chi connectivity index (χ2n) is 8.45. The zero-order valence-electron chi connectivity index (χ0n) is 19.4. The van der Waals surface area contributed by atoms with E-state index in [9.17, 15) is 4.79 Å². The predicted octanol–water partition coefficient (Wildman–Crippen LogP) is 3.38. The molecule has 0 saturated heterocycles. The molecular weight excluding hydrogens is 513 g/mol. The molecule has 0 bridgehead atoms. The van der Waals surface area contributed by atoms with Gasteiger partial charge in [0.1, 0.15) is 0 Å². The molecule has 1 fully saturated rings. The van der Waals surface area contributed by atoms with Gasteiger partial charge in [-0.3, -0.25) is 4.79 Å². The number of guanidine groups is 1. The van der Waals surface area contributed by atoms with Crippen LogP contribution in [0.2, 0.25) is 0 Å². The maximum Gasteiger partial charge on any atom is 0.251 e. The summed E-state index contributed by atoms with van der Waals surface area (Å²) < 4.78 is 0. The Hall–Kier alpha value is -2.13. The number of nitrogens with zero attached hydrogens (tertiary/aromatic N) is 2. The van der Waals surface area contributed by atoms with E-state index < -0.39 is 0 Å². The molecule has 0 aliphatic heterocycles. The fourth-order valence-corrected chi connectivity index (χ4v) is 3.58. The molecule has 1 saturated carbocycles. The van der Waals surface area contributed by atoms with Crippen LogP contribution in [0.3, 0.4) is 0 Å². The lowest BCUT2D eigenvalue weighted by Crippen LogP contribution is -2.41. The van der Waals surface area contributed by atoms with Gasteiger partial charge in [-0.2, -0.15) is 0 Å². The molecule has 32 heavy (non-hydrogen) atoms. The van der Waals surface area contributed by atoms with Crippen LogP contribution in [0.25, 0.3) is 0 Å². The first kappa shape index (κ1) is 26.1. The number of nitrogens with one attached hydrogen (secondary N) is 3. The summed E-state index contributed by atoms with van der Waals surface area (Å²) in [5.41, 5.74) is 3.31. The van der Waals surface area contributed by atoms with Crippen molar-refractivity contribution in [2.24, 2.45) is 4.99 Å². The average Bonchev–Trinajstić information content (AvgIpc) is 3.57. The summed E-state index contributed by atoms with van der Waals surface area (Å²) in [6.45, 7) is 5.71. The fourth-order valence-electron chi connectivity index (χ4n) is 3.58. The van der Waals surface area contributed by atoms with Crippen LogP contribution < -0.4 is 16.0 Å². The minimum absolute atomic E-state index is 0. The minimum atomic E-state index is -0.0451. The predicted molar refractivity (Wildman–Crippen MR) is 143 cm³/mol. The highest BCUT2D eigenvalue weighted by Gasteiger charge is 2.43. The number of rotatable bonds is 10. The lowest BCUT2D eigenvalue weighted by atomic mass is 9.96. The van der Waals surface area contributed by atoms with Gasteiger partial charge in [0.05, 0.1) is 6.54 Å². The van der Waals surface area contributed by atoms with Crippen molar-refractivity contribution in [1.82, 2.24) is 20.9 Å². The van der Waals surface area contributed by atoms with Gasteiger partial charge in [-0.05, 0) is 57.1 Å². The van der Waals surface area contributed by atoms with Crippen molar-refractivity contribution in [2.45, 2.75) is 31.7 Å². The van der Waals surface area contributed by atoms with Crippen LogP contribution in [0.15, 0.2) is 59.6 Å². The highest BCUT2D eigenvalue weighted by molar-refractivity contribution is 14.0. The molecule has 0 atom stereocenters. The molecule has 1 aliphatic carbocycles. The van der Waals surface area contributed by atoms with Crippen LogP contribution in [0.5, 0.6) is 0 Å². The Labute approximate surface area is 209 Å². The minimum Gasteiger partial charge on any atom is -0.357 e. The van der Waals surface area contributed by atoms with Crippen LogP contribution in [0.4, 0.5) is 0 Å². The standard InChI is InChI=1S/C25H35N5O.HI/c1-4-26-24(29-19-25(13-14-25)22-11-6-5-7-12-22)28-18-20-9-8-10-21(17-20)23(31)27-15-16-30(2)3;/h5-12,17H,4,13-16,18-19H2,1-3H3,(H,27,31)(H2,26,28,29);1H. The van der Waals surface area contributed by atoms with Crippen molar-refractivity contribution in [3.05, 3.63) is 71.3 Å². The van der Waals surface area contributed by atoms with Gasteiger partial charge in [0, 0.05) is 37.2 Å². The van der Waals surface area contributed by atoms with Gasteiger partial charge in [-0.15, -0.1) is 24.0 Å². The van der Waals surface area contributed by atoms with E-state index in [1.54, 1.807) is 0 Å². The molecule has 1 amide bonds. The Bertz CT molecular complexity index is 881. The Kier molecular flexibility index (Phi) is 10.4. The van der Waals surface area contributed by atoms with E-state index >= 15 is 0 Å². The van der Waals surface area contributed by atoms with E-state index in [1.807, 2.05) is 43.3 Å². The largest absolute Gasteiger partial charge is 0.357 e. The number of hydrogen-bond donors (Lipinski definition) is 3. The third kappa shape index (κ3) is 7.78. The lowest BCUT2D eigenvalue weighted by molar-refractivity contribution is 0.0951. The quantitative estimate of drug-likeness (QED) is 0.242. The maximum atomic E-state index is 12.4. The van der Waals surface area contributed by atoms with Crippen LogP contribution in [0, 0.1) is 0 Å². The van der Waals surface area contributed by atoms with E-state index in [-0.39, 0.29) is 35.3 Å². The second kappa shape index (κ2) is 12.8. The van der Waals surface area contributed by atoms with Crippen molar-refractivity contribution >= 4 is 35.8 Å². The van der Waals surface area contributed by atoms with Crippen LogP contribution in [0.1, 0.15) is 41.3 Å². The summed E-state index contributed by atoms with van der Waals surface area (Å²) in [5.74, 6) is 0.766. The monoisotopic (exact) mass is 549 g/mol. The Morgan fingerprint density at radius 1 is 1.03 bits per heavy atom. The Morgan fingerprint density at radius 3 is 2.44 bits per heavy atom. The van der Waals surface area contributed by atoms with Crippen LogP contribution in [-0.4, -0.2) is 57.0 Å². The van der Waals surface area contributed by atoms with Crippen molar-refractivity contribution in [3.8, 4) is 0 Å². The lowest BCUT2D eigenvalue weighted by Gasteiger charge is -2.19. The van der Waals surface area contributed by atoms with Gasteiger partial charge in [-0.1, -0.05) is 42.5 Å². The summed E-state index contributed by atoms with van der Waals surface area (Å²) in [7, 11) is 3.98. The zero-order chi connectivity index (χ0) is 22.1. The maximum absolute atomic E-state index is 12.4. The Balaban J connectivity index is 0.00000363. The van der Waals surface area contributed by atoms with Crippen molar-refractivity contribution in [2.75, 3.05) is 40.3 Å². The van der Waals surface area contributed by atoms with Crippen molar-refractivity contribution in [1.29, 1.82) is 0 Å². The van der Waals surface area contributed by atoms with Crippen molar-refractivity contribution < 1.29 is 4.79 Å². The summed E-state index contributed by atoms with van der Waals surface area (Å²) in [4.78, 5) is 19.2.